The molecule has 4 nitrogen and oxygen atoms in total. The largest absolute Gasteiger partial charge is 0.372 e. The van der Waals surface area contributed by atoms with Crippen LogP contribution in [0.3, 0.4) is 0 Å². The molecule has 3 rings (SSSR count). The van der Waals surface area contributed by atoms with Crippen LogP contribution in [0.4, 0.5) is 0 Å². The van der Waals surface area contributed by atoms with Crippen LogP contribution in [0, 0.1) is 0 Å². The standard InChI is InChI=1S/C17H27N3O/c1-20(11-8-14-6-9-18-10-7-14)13-17-5-4-16(21-17)12-19-15-2-3-15/h6-7,9-10,15-17,19H,2-5,8,11-13H2,1H3. The van der Waals surface area contributed by atoms with Crippen LogP contribution in [0.2, 0.25) is 0 Å². The first-order valence-corrected chi connectivity index (χ1v) is 8.26. The third-order valence-electron chi connectivity index (χ3n) is 4.45. The molecule has 0 bridgehead atoms. The third-order valence-corrected chi connectivity index (χ3v) is 4.45. The molecule has 0 radical (unpaired) electrons. The highest BCUT2D eigenvalue weighted by atomic mass is 16.5. The maximum absolute atomic E-state index is 6.15. The number of rotatable bonds is 8. The number of ether oxygens (including phenoxy) is 1. The molecule has 2 heterocycles. The minimum atomic E-state index is 0.415. The van der Waals surface area contributed by atoms with Gasteiger partial charge in [-0.3, -0.25) is 4.98 Å². The van der Waals surface area contributed by atoms with Crippen molar-refractivity contribution in [2.45, 2.75) is 50.4 Å². The van der Waals surface area contributed by atoms with Crippen molar-refractivity contribution in [3.8, 4) is 0 Å². The Kier molecular flexibility index (Phi) is 5.22. The number of hydrogen-bond donors (Lipinski definition) is 1. The second kappa shape index (κ2) is 7.34. The van der Waals surface area contributed by atoms with Gasteiger partial charge in [0, 0.05) is 38.1 Å². The van der Waals surface area contributed by atoms with E-state index >= 15 is 0 Å². The van der Waals surface area contributed by atoms with Crippen molar-refractivity contribution >= 4 is 0 Å². The number of aromatic nitrogens is 1. The number of pyridine rings is 1. The molecule has 0 spiro atoms. The van der Waals surface area contributed by atoms with E-state index in [4.69, 9.17) is 4.74 Å². The zero-order valence-corrected chi connectivity index (χ0v) is 13.0. The van der Waals surface area contributed by atoms with Crippen molar-refractivity contribution in [3.63, 3.8) is 0 Å². The van der Waals surface area contributed by atoms with Gasteiger partial charge in [0.1, 0.15) is 0 Å². The van der Waals surface area contributed by atoms with E-state index in [0.717, 1.165) is 32.1 Å². The normalized spacial score (nSPS) is 25.6. The Labute approximate surface area is 127 Å². The fourth-order valence-electron chi connectivity index (χ4n) is 2.96. The fraction of sp³-hybridized carbons (Fsp3) is 0.706. The summed E-state index contributed by atoms with van der Waals surface area (Å²) in [5.41, 5.74) is 1.36. The second-order valence-electron chi connectivity index (χ2n) is 6.51. The van der Waals surface area contributed by atoms with Crippen LogP contribution in [0.1, 0.15) is 31.2 Å². The van der Waals surface area contributed by atoms with Gasteiger partial charge in [-0.05, 0) is 56.8 Å². The molecule has 21 heavy (non-hydrogen) atoms. The van der Waals surface area contributed by atoms with E-state index in [2.05, 4.69) is 34.4 Å². The average molecular weight is 289 g/mol. The smallest absolute Gasteiger partial charge is 0.0707 e. The van der Waals surface area contributed by atoms with Crippen LogP contribution in [0.5, 0.6) is 0 Å². The molecule has 2 atom stereocenters. The Hall–Kier alpha value is -0.970. The molecule has 2 unspecified atom stereocenters. The highest BCUT2D eigenvalue weighted by Gasteiger charge is 2.28. The minimum Gasteiger partial charge on any atom is -0.372 e. The zero-order valence-electron chi connectivity index (χ0n) is 13.0. The Morgan fingerprint density at radius 3 is 2.71 bits per heavy atom. The second-order valence-corrected chi connectivity index (χ2v) is 6.51. The van der Waals surface area contributed by atoms with Crippen LogP contribution in [-0.2, 0) is 11.2 Å². The maximum atomic E-state index is 6.15. The molecule has 1 saturated heterocycles. The molecule has 1 aromatic rings. The third kappa shape index (κ3) is 5.06. The van der Waals surface area contributed by atoms with E-state index in [1.54, 1.807) is 0 Å². The van der Waals surface area contributed by atoms with Crippen LogP contribution >= 0.6 is 0 Å². The highest BCUT2D eigenvalue weighted by molar-refractivity contribution is 5.09. The summed E-state index contributed by atoms with van der Waals surface area (Å²) >= 11 is 0. The molecule has 0 amide bonds. The van der Waals surface area contributed by atoms with E-state index in [-0.39, 0.29) is 0 Å². The van der Waals surface area contributed by atoms with Gasteiger partial charge in [-0.25, -0.2) is 0 Å². The van der Waals surface area contributed by atoms with Gasteiger partial charge in [0.25, 0.3) is 0 Å². The van der Waals surface area contributed by atoms with E-state index in [1.807, 2.05) is 12.4 Å². The molecule has 1 N–H and O–H groups in total. The Morgan fingerprint density at radius 1 is 1.19 bits per heavy atom. The summed E-state index contributed by atoms with van der Waals surface area (Å²) in [6.45, 7) is 3.17. The molecule has 116 valence electrons. The van der Waals surface area contributed by atoms with Crippen molar-refractivity contribution in [2.24, 2.45) is 0 Å². The van der Waals surface area contributed by atoms with Gasteiger partial charge in [-0.2, -0.15) is 0 Å². The zero-order chi connectivity index (χ0) is 14.5. The summed E-state index contributed by atoms with van der Waals surface area (Å²) in [6.07, 6.45) is 10.8. The molecule has 4 heteroatoms. The lowest BCUT2D eigenvalue weighted by molar-refractivity contribution is 0.0279. The van der Waals surface area contributed by atoms with Crippen molar-refractivity contribution in [1.29, 1.82) is 0 Å². The molecule has 1 aliphatic carbocycles. The Bertz CT molecular complexity index is 421. The first kappa shape index (κ1) is 14.9. The van der Waals surface area contributed by atoms with E-state index in [0.29, 0.717) is 12.2 Å². The Balaban J connectivity index is 1.32. The van der Waals surface area contributed by atoms with Crippen molar-refractivity contribution < 1.29 is 4.74 Å². The van der Waals surface area contributed by atoms with Crippen LogP contribution < -0.4 is 5.32 Å². The summed E-state index contributed by atoms with van der Waals surface area (Å²) in [4.78, 5) is 6.45. The van der Waals surface area contributed by atoms with Crippen molar-refractivity contribution in [2.75, 3.05) is 26.7 Å². The molecule has 1 aromatic heterocycles. The summed E-state index contributed by atoms with van der Waals surface area (Å²) < 4.78 is 6.15. The van der Waals surface area contributed by atoms with Crippen LogP contribution in [0.15, 0.2) is 24.5 Å². The fourth-order valence-corrected chi connectivity index (χ4v) is 2.96. The first-order chi connectivity index (χ1) is 10.3. The van der Waals surface area contributed by atoms with E-state index < -0.39 is 0 Å². The molecular weight excluding hydrogens is 262 g/mol. The summed E-state index contributed by atoms with van der Waals surface area (Å²) in [5.74, 6) is 0. The lowest BCUT2D eigenvalue weighted by Gasteiger charge is -2.21. The van der Waals surface area contributed by atoms with Gasteiger partial charge in [0.2, 0.25) is 0 Å². The van der Waals surface area contributed by atoms with Gasteiger partial charge in [-0.1, -0.05) is 0 Å². The molecule has 1 saturated carbocycles. The van der Waals surface area contributed by atoms with Crippen molar-refractivity contribution in [1.82, 2.24) is 15.2 Å². The SMILES string of the molecule is CN(CCc1ccncc1)CC1CCC(CNC2CC2)O1. The summed E-state index contributed by atoms with van der Waals surface area (Å²) in [6, 6.07) is 4.98. The lowest BCUT2D eigenvalue weighted by atomic mass is 10.1. The van der Waals surface area contributed by atoms with Gasteiger partial charge in [0.15, 0.2) is 0 Å². The summed E-state index contributed by atoms with van der Waals surface area (Å²) in [7, 11) is 2.19. The van der Waals surface area contributed by atoms with Gasteiger partial charge in [0.05, 0.1) is 12.2 Å². The topological polar surface area (TPSA) is 37.4 Å². The number of nitrogens with one attached hydrogen (secondary N) is 1. The van der Waals surface area contributed by atoms with E-state index in [1.165, 1.54) is 31.2 Å². The molecular formula is C17H27N3O. The van der Waals surface area contributed by atoms with Gasteiger partial charge in [-0.15, -0.1) is 0 Å². The monoisotopic (exact) mass is 289 g/mol. The molecule has 1 aliphatic heterocycles. The van der Waals surface area contributed by atoms with Crippen LogP contribution in [0.25, 0.3) is 0 Å². The van der Waals surface area contributed by atoms with Crippen molar-refractivity contribution in [3.05, 3.63) is 30.1 Å². The number of hydrogen-bond acceptors (Lipinski definition) is 4. The predicted molar refractivity (Wildman–Crippen MR) is 84.4 cm³/mol. The predicted octanol–water partition coefficient (Wildman–Crippen LogP) is 1.86. The quantitative estimate of drug-likeness (QED) is 0.792. The highest BCUT2D eigenvalue weighted by Crippen LogP contribution is 2.23. The number of nitrogens with zero attached hydrogens (tertiary/aromatic N) is 2. The Morgan fingerprint density at radius 2 is 1.95 bits per heavy atom. The van der Waals surface area contributed by atoms with E-state index in [9.17, 15) is 0 Å². The molecule has 0 aromatic carbocycles. The maximum Gasteiger partial charge on any atom is 0.0707 e. The lowest BCUT2D eigenvalue weighted by Crippen LogP contribution is -2.33. The van der Waals surface area contributed by atoms with Gasteiger partial charge >= 0.3 is 0 Å². The average Bonchev–Trinajstić information content (AvgIpc) is 3.24. The number of likely N-dealkylation sites (N-methyl/N-ethyl adjacent to an activating group) is 1. The van der Waals surface area contributed by atoms with Crippen LogP contribution in [-0.4, -0.2) is 54.8 Å². The summed E-state index contributed by atoms with van der Waals surface area (Å²) in [5, 5.41) is 3.57. The minimum absolute atomic E-state index is 0.415. The first-order valence-electron chi connectivity index (χ1n) is 8.26. The molecule has 2 fully saturated rings. The molecule has 2 aliphatic rings. The van der Waals surface area contributed by atoms with Gasteiger partial charge < -0.3 is 15.0 Å².